The summed E-state index contributed by atoms with van der Waals surface area (Å²) in [5.41, 5.74) is 0.0852. The number of benzene rings is 1. The van der Waals surface area contributed by atoms with Crippen molar-refractivity contribution in [2.75, 3.05) is 31.1 Å². The van der Waals surface area contributed by atoms with Crippen molar-refractivity contribution >= 4 is 30.6 Å². The van der Waals surface area contributed by atoms with E-state index in [1.165, 1.54) is 12.1 Å². The second-order valence-corrected chi connectivity index (χ2v) is 4.58. The molecule has 1 aliphatic rings. The number of hydrogen-bond acceptors (Lipinski definition) is 4. The second-order valence-electron chi connectivity index (χ2n) is 4.58. The molecule has 4 nitrogen and oxygen atoms in total. The molecule has 1 aromatic carbocycles. The molecule has 22 heavy (non-hydrogen) atoms. The summed E-state index contributed by atoms with van der Waals surface area (Å²) in [6.07, 6.45) is 1.57. The number of rotatable bonds is 2. The standard InChI is InChI=1S/C14H14F2N4.2ClH/c15-11-3-1-2-10(13(11)16)14-18-5-4-12(19-14)20-8-6-17-7-9-20;;/h1-5,17H,6-9H2;2*1H. The summed E-state index contributed by atoms with van der Waals surface area (Å²) in [7, 11) is 0. The molecular weight excluding hydrogens is 333 g/mol. The molecule has 3 rings (SSSR count). The average Bonchev–Trinajstić information content (AvgIpc) is 2.51. The van der Waals surface area contributed by atoms with Gasteiger partial charge >= 0.3 is 0 Å². The molecule has 0 unspecified atom stereocenters. The lowest BCUT2D eigenvalue weighted by Gasteiger charge is -2.28. The van der Waals surface area contributed by atoms with Gasteiger partial charge in [0.1, 0.15) is 5.82 Å². The number of nitrogens with zero attached hydrogens (tertiary/aromatic N) is 3. The van der Waals surface area contributed by atoms with Gasteiger partial charge in [0.15, 0.2) is 17.5 Å². The molecule has 0 amide bonds. The summed E-state index contributed by atoms with van der Waals surface area (Å²) in [5, 5.41) is 3.25. The third kappa shape index (κ3) is 3.82. The molecule has 1 N–H and O–H groups in total. The normalized spacial score (nSPS) is 14.0. The van der Waals surface area contributed by atoms with Gasteiger partial charge in [0.25, 0.3) is 0 Å². The van der Waals surface area contributed by atoms with E-state index in [1.54, 1.807) is 12.3 Å². The molecular formula is C14H16Cl2F2N4. The monoisotopic (exact) mass is 348 g/mol. The fourth-order valence-corrected chi connectivity index (χ4v) is 2.23. The van der Waals surface area contributed by atoms with E-state index in [4.69, 9.17) is 0 Å². The minimum Gasteiger partial charge on any atom is -0.354 e. The highest BCUT2D eigenvalue weighted by molar-refractivity contribution is 5.85. The summed E-state index contributed by atoms with van der Waals surface area (Å²) < 4.78 is 27.1. The highest BCUT2D eigenvalue weighted by atomic mass is 35.5. The summed E-state index contributed by atoms with van der Waals surface area (Å²) in [5.74, 6) is -0.859. The predicted octanol–water partition coefficient (Wildman–Crippen LogP) is 2.68. The summed E-state index contributed by atoms with van der Waals surface area (Å²) in [6.45, 7) is 3.44. The molecule has 0 aliphatic carbocycles. The van der Waals surface area contributed by atoms with Crippen molar-refractivity contribution in [3.63, 3.8) is 0 Å². The lowest BCUT2D eigenvalue weighted by Crippen LogP contribution is -2.43. The van der Waals surface area contributed by atoms with Gasteiger partial charge in [-0.1, -0.05) is 6.07 Å². The average molecular weight is 349 g/mol. The van der Waals surface area contributed by atoms with Gasteiger partial charge in [0, 0.05) is 32.4 Å². The first-order valence-electron chi connectivity index (χ1n) is 6.49. The van der Waals surface area contributed by atoms with Crippen molar-refractivity contribution in [3.8, 4) is 11.4 Å². The predicted molar refractivity (Wildman–Crippen MR) is 87.0 cm³/mol. The maximum atomic E-state index is 13.8. The molecule has 1 saturated heterocycles. The van der Waals surface area contributed by atoms with Crippen LogP contribution in [0.2, 0.25) is 0 Å². The lowest BCUT2D eigenvalue weighted by atomic mass is 10.2. The van der Waals surface area contributed by atoms with Crippen LogP contribution in [-0.4, -0.2) is 36.1 Å². The van der Waals surface area contributed by atoms with Crippen LogP contribution >= 0.6 is 24.8 Å². The molecule has 8 heteroatoms. The number of nitrogens with one attached hydrogen (secondary N) is 1. The Labute approximate surface area is 139 Å². The van der Waals surface area contributed by atoms with Gasteiger partial charge in [0.2, 0.25) is 0 Å². The Hall–Kier alpha value is -1.50. The number of halogens is 4. The Kier molecular flexibility index (Phi) is 6.93. The minimum absolute atomic E-state index is 0. The van der Waals surface area contributed by atoms with Crippen LogP contribution in [0, 0.1) is 11.6 Å². The molecule has 0 radical (unpaired) electrons. The van der Waals surface area contributed by atoms with Crippen LogP contribution in [0.3, 0.4) is 0 Å². The Morgan fingerprint density at radius 2 is 1.77 bits per heavy atom. The van der Waals surface area contributed by atoms with Crippen molar-refractivity contribution in [1.29, 1.82) is 0 Å². The maximum absolute atomic E-state index is 13.8. The SMILES string of the molecule is Cl.Cl.Fc1cccc(-c2nccc(N3CCNCC3)n2)c1F. The molecule has 2 heterocycles. The van der Waals surface area contributed by atoms with E-state index < -0.39 is 11.6 Å². The van der Waals surface area contributed by atoms with Gasteiger partial charge in [0.05, 0.1) is 5.56 Å². The Balaban J connectivity index is 0.00000121. The Bertz CT molecular complexity index is 622. The molecule has 1 aromatic heterocycles. The van der Waals surface area contributed by atoms with Gasteiger partial charge in [-0.15, -0.1) is 24.8 Å². The van der Waals surface area contributed by atoms with Crippen LogP contribution in [0.5, 0.6) is 0 Å². The number of anilines is 1. The van der Waals surface area contributed by atoms with Crippen molar-refractivity contribution < 1.29 is 8.78 Å². The molecule has 1 fully saturated rings. The topological polar surface area (TPSA) is 41.1 Å². The molecule has 2 aromatic rings. The molecule has 0 spiro atoms. The quantitative estimate of drug-likeness (QED) is 0.905. The Morgan fingerprint density at radius 1 is 1.05 bits per heavy atom. The fourth-order valence-electron chi connectivity index (χ4n) is 2.23. The zero-order valence-corrected chi connectivity index (χ0v) is 13.3. The van der Waals surface area contributed by atoms with Crippen LogP contribution in [0.4, 0.5) is 14.6 Å². The zero-order valence-electron chi connectivity index (χ0n) is 11.6. The van der Waals surface area contributed by atoms with E-state index in [0.717, 1.165) is 38.1 Å². The van der Waals surface area contributed by atoms with Crippen molar-refractivity contribution in [1.82, 2.24) is 15.3 Å². The van der Waals surface area contributed by atoms with E-state index in [2.05, 4.69) is 20.2 Å². The van der Waals surface area contributed by atoms with Crippen molar-refractivity contribution in [2.24, 2.45) is 0 Å². The van der Waals surface area contributed by atoms with Gasteiger partial charge in [-0.2, -0.15) is 0 Å². The highest BCUT2D eigenvalue weighted by Gasteiger charge is 2.15. The van der Waals surface area contributed by atoms with Crippen LogP contribution in [-0.2, 0) is 0 Å². The molecule has 120 valence electrons. The molecule has 0 bridgehead atoms. The molecule has 1 aliphatic heterocycles. The largest absolute Gasteiger partial charge is 0.354 e. The first-order chi connectivity index (χ1) is 9.75. The van der Waals surface area contributed by atoms with E-state index in [0.29, 0.717) is 0 Å². The number of hydrogen-bond donors (Lipinski definition) is 1. The third-order valence-electron chi connectivity index (χ3n) is 3.27. The summed E-state index contributed by atoms with van der Waals surface area (Å²) in [6, 6.07) is 5.80. The van der Waals surface area contributed by atoms with E-state index in [-0.39, 0.29) is 36.2 Å². The van der Waals surface area contributed by atoms with Gasteiger partial charge in [-0.05, 0) is 18.2 Å². The number of aromatic nitrogens is 2. The van der Waals surface area contributed by atoms with Crippen LogP contribution in [0.25, 0.3) is 11.4 Å². The minimum atomic E-state index is -0.912. The molecule has 0 saturated carbocycles. The van der Waals surface area contributed by atoms with Gasteiger partial charge in [-0.3, -0.25) is 0 Å². The van der Waals surface area contributed by atoms with E-state index in [1.807, 2.05) is 0 Å². The van der Waals surface area contributed by atoms with E-state index in [9.17, 15) is 8.78 Å². The summed E-state index contributed by atoms with van der Waals surface area (Å²) in [4.78, 5) is 10.5. The highest BCUT2D eigenvalue weighted by Crippen LogP contribution is 2.23. The van der Waals surface area contributed by atoms with Crippen molar-refractivity contribution in [3.05, 3.63) is 42.1 Å². The van der Waals surface area contributed by atoms with Crippen molar-refractivity contribution in [2.45, 2.75) is 0 Å². The maximum Gasteiger partial charge on any atom is 0.169 e. The van der Waals surface area contributed by atoms with E-state index >= 15 is 0 Å². The Morgan fingerprint density at radius 3 is 2.50 bits per heavy atom. The third-order valence-corrected chi connectivity index (χ3v) is 3.27. The van der Waals surface area contributed by atoms with Crippen LogP contribution in [0.1, 0.15) is 0 Å². The second kappa shape index (κ2) is 8.22. The fraction of sp³-hybridized carbons (Fsp3) is 0.286. The first-order valence-corrected chi connectivity index (χ1v) is 6.49. The van der Waals surface area contributed by atoms with Crippen LogP contribution < -0.4 is 10.2 Å². The van der Waals surface area contributed by atoms with Gasteiger partial charge < -0.3 is 10.2 Å². The van der Waals surface area contributed by atoms with Crippen LogP contribution in [0.15, 0.2) is 30.5 Å². The number of piperazine rings is 1. The zero-order chi connectivity index (χ0) is 13.9. The molecule has 0 atom stereocenters. The first kappa shape index (κ1) is 18.5. The smallest absolute Gasteiger partial charge is 0.169 e. The van der Waals surface area contributed by atoms with Gasteiger partial charge in [-0.25, -0.2) is 18.7 Å². The summed E-state index contributed by atoms with van der Waals surface area (Å²) >= 11 is 0. The lowest BCUT2D eigenvalue weighted by molar-refractivity contribution is 0.510.